The second-order valence-corrected chi connectivity index (χ2v) is 3.73. The van der Waals surface area contributed by atoms with E-state index in [1.54, 1.807) is 0 Å². The van der Waals surface area contributed by atoms with Crippen molar-refractivity contribution in [2.75, 3.05) is 5.32 Å². The second kappa shape index (κ2) is 4.68. The maximum Gasteiger partial charge on any atom is 0.463 e. The molecule has 1 heterocycles. The Kier molecular flexibility index (Phi) is 3.80. The third-order valence-corrected chi connectivity index (χ3v) is 2.01. The second-order valence-electron chi connectivity index (χ2n) is 3.35. The maximum absolute atomic E-state index is 12.6. The number of rotatable bonds is 2. The van der Waals surface area contributed by atoms with Gasteiger partial charge in [-0.1, -0.05) is 11.6 Å². The first-order valence-corrected chi connectivity index (χ1v) is 4.82. The van der Waals surface area contributed by atoms with Crippen LogP contribution in [0.1, 0.15) is 5.69 Å². The fourth-order valence-corrected chi connectivity index (χ4v) is 1.29. The van der Waals surface area contributed by atoms with Crippen LogP contribution >= 0.6 is 11.6 Å². The Hall–Kier alpha value is -1.44. The summed E-state index contributed by atoms with van der Waals surface area (Å²) >= 11 is 5.47. The molecule has 0 bridgehead atoms. The lowest BCUT2D eigenvalue weighted by atomic mass is 10.2. The van der Waals surface area contributed by atoms with Gasteiger partial charge in [-0.15, -0.1) is 0 Å². The quantitative estimate of drug-likeness (QED) is 0.671. The standard InChI is InChI=1S/C9H6ClF5N2O/c1-4-2-5(3-6(10)16-4)17-7(18)8(11,12)9(13,14)15/h2-3H,1H3,(H,16,17,18). The van der Waals surface area contributed by atoms with Crippen LogP contribution in [-0.4, -0.2) is 23.0 Å². The van der Waals surface area contributed by atoms with Gasteiger partial charge in [0.1, 0.15) is 5.15 Å². The monoisotopic (exact) mass is 288 g/mol. The molecule has 0 saturated carbocycles. The number of alkyl halides is 5. The largest absolute Gasteiger partial charge is 0.463 e. The minimum Gasteiger partial charge on any atom is -0.320 e. The molecule has 18 heavy (non-hydrogen) atoms. The number of aryl methyl sites for hydroxylation is 1. The number of nitrogens with zero attached hydrogens (tertiary/aromatic N) is 1. The van der Waals surface area contributed by atoms with Crippen LogP contribution in [0.2, 0.25) is 5.15 Å². The van der Waals surface area contributed by atoms with Gasteiger partial charge < -0.3 is 5.32 Å². The highest BCUT2D eigenvalue weighted by atomic mass is 35.5. The molecule has 0 radical (unpaired) electrons. The van der Waals surface area contributed by atoms with Crippen LogP contribution in [-0.2, 0) is 4.79 Å². The van der Waals surface area contributed by atoms with Crippen molar-refractivity contribution >= 4 is 23.2 Å². The highest BCUT2D eigenvalue weighted by Crippen LogP contribution is 2.36. The van der Waals surface area contributed by atoms with E-state index in [9.17, 15) is 26.7 Å². The van der Waals surface area contributed by atoms with Crippen molar-refractivity contribution in [3.8, 4) is 0 Å². The lowest BCUT2D eigenvalue weighted by molar-refractivity contribution is -0.267. The fourth-order valence-electron chi connectivity index (χ4n) is 1.04. The number of pyridine rings is 1. The number of halogens is 6. The van der Waals surface area contributed by atoms with Crippen LogP contribution in [0, 0.1) is 6.92 Å². The summed E-state index contributed by atoms with van der Waals surface area (Å²) in [5, 5.41) is 1.30. The SMILES string of the molecule is Cc1cc(NC(=O)C(F)(F)C(F)(F)F)cc(Cl)n1. The van der Waals surface area contributed by atoms with Gasteiger partial charge in [-0.3, -0.25) is 4.79 Å². The predicted molar refractivity (Wildman–Crippen MR) is 53.6 cm³/mol. The zero-order chi connectivity index (χ0) is 14.1. The molecule has 0 aromatic carbocycles. The van der Waals surface area contributed by atoms with Gasteiger partial charge in [-0.25, -0.2) is 4.98 Å². The van der Waals surface area contributed by atoms with E-state index in [1.165, 1.54) is 12.2 Å². The molecule has 0 aliphatic rings. The summed E-state index contributed by atoms with van der Waals surface area (Å²) in [5.41, 5.74) is -0.0328. The summed E-state index contributed by atoms with van der Waals surface area (Å²) in [6, 6.07) is 2.06. The molecule has 0 aliphatic heterocycles. The van der Waals surface area contributed by atoms with Gasteiger partial charge >= 0.3 is 18.0 Å². The Morgan fingerprint density at radius 3 is 2.28 bits per heavy atom. The molecule has 0 saturated heterocycles. The highest BCUT2D eigenvalue weighted by molar-refractivity contribution is 6.29. The molecule has 1 amide bonds. The van der Waals surface area contributed by atoms with Crippen molar-refractivity contribution in [1.29, 1.82) is 0 Å². The number of hydrogen-bond acceptors (Lipinski definition) is 2. The van der Waals surface area contributed by atoms with E-state index in [0.29, 0.717) is 0 Å². The molecular formula is C9H6ClF5N2O. The first-order valence-electron chi connectivity index (χ1n) is 4.44. The highest BCUT2D eigenvalue weighted by Gasteiger charge is 2.63. The fraction of sp³-hybridized carbons (Fsp3) is 0.333. The van der Waals surface area contributed by atoms with E-state index in [1.807, 2.05) is 0 Å². The number of amides is 1. The van der Waals surface area contributed by atoms with Crippen LogP contribution in [0.3, 0.4) is 0 Å². The third kappa shape index (κ3) is 3.06. The van der Waals surface area contributed by atoms with Gasteiger partial charge in [0.05, 0.1) is 0 Å². The van der Waals surface area contributed by atoms with Crippen LogP contribution in [0.5, 0.6) is 0 Å². The smallest absolute Gasteiger partial charge is 0.320 e. The maximum atomic E-state index is 12.6. The summed E-state index contributed by atoms with van der Waals surface area (Å²) in [6.07, 6.45) is -5.96. The average molecular weight is 289 g/mol. The minimum atomic E-state index is -5.96. The zero-order valence-electron chi connectivity index (χ0n) is 8.78. The van der Waals surface area contributed by atoms with Crippen molar-refractivity contribution in [2.24, 2.45) is 0 Å². The van der Waals surface area contributed by atoms with Crippen LogP contribution in [0.25, 0.3) is 0 Å². The molecule has 3 nitrogen and oxygen atoms in total. The van der Waals surface area contributed by atoms with Gasteiger partial charge in [0.2, 0.25) is 0 Å². The number of anilines is 1. The molecule has 0 unspecified atom stereocenters. The summed E-state index contributed by atoms with van der Waals surface area (Å²) < 4.78 is 60.9. The van der Waals surface area contributed by atoms with Gasteiger partial charge in [-0.2, -0.15) is 22.0 Å². The normalized spacial score (nSPS) is 12.4. The molecule has 9 heteroatoms. The number of aromatic nitrogens is 1. The average Bonchev–Trinajstić information content (AvgIpc) is 2.13. The Bertz CT molecular complexity index is 454. The summed E-state index contributed by atoms with van der Waals surface area (Å²) in [4.78, 5) is 14.5. The van der Waals surface area contributed by atoms with Gasteiger partial charge in [-0.05, 0) is 19.1 Å². The van der Waals surface area contributed by atoms with Crippen molar-refractivity contribution in [3.05, 3.63) is 23.0 Å². The first kappa shape index (κ1) is 14.6. The van der Waals surface area contributed by atoms with Gasteiger partial charge in [0, 0.05) is 11.4 Å². The zero-order valence-corrected chi connectivity index (χ0v) is 9.53. The lowest BCUT2D eigenvalue weighted by Gasteiger charge is -2.18. The van der Waals surface area contributed by atoms with E-state index in [4.69, 9.17) is 11.6 Å². The Labute approximate surface area is 103 Å². The van der Waals surface area contributed by atoms with Crippen molar-refractivity contribution in [1.82, 2.24) is 4.98 Å². The number of carbonyl (C=O) groups excluding carboxylic acids is 1. The molecular weight excluding hydrogens is 283 g/mol. The summed E-state index contributed by atoms with van der Waals surface area (Å²) in [5.74, 6) is -7.95. The summed E-state index contributed by atoms with van der Waals surface area (Å²) in [6.45, 7) is 1.43. The summed E-state index contributed by atoms with van der Waals surface area (Å²) in [7, 11) is 0. The number of carbonyl (C=O) groups is 1. The van der Waals surface area contributed by atoms with E-state index in [0.717, 1.165) is 12.1 Å². The van der Waals surface area contributed by atoms with E-state index < -0.39 is 18.0 Å². The van der Waals surface area contributed by atoms with Gasteiger partial charge in [0.15, 0.2) is 0 Å². The van der Waals surface area contributed by atoms with Crippen LogP contribution in [0.15, 0.2) is 12.1 Å². The van der Waals surface area contributed by atoms with Crippen LogP contribution in [0.4, 0.5) is 27.6 Å². The topological polar surface area (TPSA) is 42.0 Å². The van der Waals surface area contributed by atoms with E-state index >= 15 is 0 Å². The predicted octanol–water partition coefficient (Wildman–Crippen LogP) is 3.18. The Morgan fingerprint density at radius 1 is 1.28 bits per heavy atom. The van der Waals surface area contributed by atoms with Gasteiger partial charge in [0.25, 0.3) is 0 Å². The molecule has 1 aromatic rings. The molecule has 0 atom stereocenters. The third-order valence-electron chi connectivity index (χ3n) is 1.82. The molecule has 1 aromatic heterocycles. The van der Waals surface area contributed by atoms with Crippen molar-refractivity contribution in [2.45, 2.75) is 19.0 Å². The molecule has 1 rings (SSSR count). The van der Waals surface area contributed by atoms with E-state index in [2.05, 4.69) is 4.98 Å². The first-order chi connectivity index (χ1) is 8.04. The minimum absolute atomic E-state index is 0.138. The molecule has 1 N–H and O–H groups in total. The van der Waals surface area contributed by atoms with Crippen molar-refractivity contribution in [3.63, 3.8) is 0 Å². The molecule has 0 spiro atoms. The van der Waals surface area contributed by atoms with Crippen LogP contribution < -0.4 is 5.32 Å². The van der Waals surface area contributed by atoms with Crippen molar-refractivity contribution < 1.29 is 26.7 Å². The molecule has 100 valence electrons. The lowest BCUT2D eigenvalue weighted by Crippen LogP contribution is -2.47. The Balaban J connectivity index is 2.95. The van der Waals surface area contributed by atoms with E-state index in [-0.39, 0.29) is 16.5 Å². The number of nitrogens with one attached hydrogen (secondary N) is 1. The Morgan fingerprint density at radius 2 is 1.83 bits per heavy atom. The molecule has 0 aliphatic carbocycles. The number of hydrogen-bond donors (Lipinski definition) is 1. The molecule has 0 fully saturated rings.